The summed E-state index contributed by atoms with van der Waals surface area (Å²) in [5, 5.41) is 2.53. The van der Waals surface area contributed by atoms with Crippen LogP contribution in [-0.2, 0) is 14.8 Å². The van der Waals surface area contributed by atoms with Gasteiger partial charge in [-0.05, 0) is 5.92 Å². The highest BCUT2D eigenvalue weighted by Crippen LogP contribution is 2.04. The second-order valence-electron chi connectivity index (χ2n) is 4.02. The lowest BCUT2D eigenvalue weighted by molar-refractivity contribution is -0.123. The molecule has 0 aromatic rings. The molecule has 6 nitrogen and oxygen atoms in total. The molecular weight excluding hydrogens is 242 g/mol. The summed E-state index contributed by atoms with van der Waals surface area (Å²) < 4.78 is 24.9. The standard InChI is InChI=1S/C10H23N3O3S/c1-4-8(3)9(11)10(14)12-6-7-17(15,16)13-5-2/h8-9,13H,4-7,11H2,1-3H3,(H,12,14)/t8?,9-/m0/s1. The third kappa shape index (κ3) is 6.60. The first-order valence-corrected chi connectivity index (χ1v) is 7.49. The molecular formula is C10H23N3O3S. The normalized spacial score (nSPS) is 15.3. The van der Waals surface area contributed by atoms with Crippen molar-refractivity contribution in [2.24, 2.45) is 11.7 Å². The lowest BCUT2D eigenvalue weighted by Gasteiger charge is -2.17. The van der Waals surface area contributed by atoms with E-state index in [2.05, 4.69) is 10.0 Å². The van der Waals surface area contributed by atoms with Crippen LogP contribution in [0, 0.1) is 5.92 Å². The summed E-state index contributed by atoms with van der Waals surface area (Å²) in [6.45, 7) is 5.98. The Labute approximate surface area is 103 Å². The Morgan fingerprint density at radius 3 is 2.41 bits per heavy atom. The first kappa shape index (κ1) is 16.3. The fourth-order valence-electron chi connectivity index (χ4n) is 1.23. The average Bonchev–Trinajstić information content (AvgIpc) is 2.26. The van der Waals surface area contributed by atoms with Gasteiger partial charge in [0, 0.05) is 13.1 Å². The van der Waals surface area contributed by atoms with Crippen LogP contribution in [0.5, 0.6) is 0 Å². The largest absolute Gasteiger partial charge is 0.354 e. The van der Waals surface area contributed by atoms with Crippen molar-refractivity contribution in [1.82, 2.24) is 10.0 Å². The molecule has 0 aromatic carbocycles. The van der Waals surface area contributed by atoms with Crippen LogP contribution in [0.25, 0.3) is 0 Å². The molecule has 102 valence electrons. The third-order valence-corrected chi connectivity index (χ3v) is 4.06. The predicted octanol–water partition coefficient (Wildman–Crippen LogP) is -0.585. The van der Waals surface area contributed by atoms with Crippen LogP contribution in [0.4, 0.5) is 0 Å². The zero-order valence-electron chi connectivity index (χ0n) is 10.7. The highest BCUT2D eigenvalue weighted by molar-refractivity contribution is 7.89. The van der Waals surface area contributed by atoms with E-state index in [-0.39, 0.29) is 24.1 Å². The van der Waals surface area contributed by atoms with Crippen molar-refractivity contribution in [2.75, 3.05) is 18.8 Å². The van der Waals surface area contributed by atoms with Crippen LogP contribution in [0.1, 0.15) is 27.2 Å². The van der Waals surface area contributed by atoms with Gasteiger partial charge in [0.05, 0.1) is 11.8 Å². The van der Waals surface area contributed by atoms with Crippen molar-refractivity contribution in [1.29, 1.82) is 0 Å². The molecule has 1 amide bonds. The molecule has 0 bridgehead atoms. The number of rotatable bonds is 8. The van der Waals surface area contributed by atoms with E-state index in [0.29, 0.717) is 6.54 Å². The first-order chi connectivity index (χ1) is 7.84. The Bertz CT molecular complexity index is 330. The zero-order valence-corrected chi connectivity index (χ0v) is 11.5. The second kappa shape index (κ2) is 7.62. The predicted molar refractivity (Wildman–Crippen MR) is 67.9 cm³/mol. The van der Waals surface area contributed by atoms with E-state index in [0.717, 1.165) is 6.42 Å². The van der Waals surface area contributed by atoms with Gasteiger partial charge in [0.15, 0.2) is 0 Å². The fourth-order valence-corrected chi connectivity index (χ4v) is 2.19. The SMILES string of the molecule is CCNS(=O)(=O)CCNC(=O)[C@@H](N)C(C)CC. The van der Waals surface area contributed by atoms with Crippen molar-refractivity contribution in [2.45, 2.75) is 33.2 Å². The maximum atomic E-state index is 11.5. The van der Waals surface area contributed by atoms with Gasteiger partial charge in [-0.15, -0.1) is 0 Å². The summed E-state index contributed by atoms with van der Waals surface area (Å²) in [5.41, 5.74) is 5.70. The molecule has 7 heteroatoms. The van der Waals surface area contributed by atoms with Crippen molar-refractivity contribution in [3.05, 3.63) is 0 Å². The maximum Gasteiger partial charge on any atom is 0.237 e. The van der Waals surface area contributed by atoms with Gasteiger partial charge in [0.2, 0.25) is 15.9 Å². The molecule has 0 saturated carbocycles. The van der Waals surface area contributed by atoms with Crippen molar-refractivity contribution >= 4 is 15.9 Å². The van der Waals surface area contributed by atoms with Crippen molar-refractivity contribution in [3.63, 3.8) is 0 Å². The van der Waals surface area contributed by atoms with E-state index in [1.165, 1.54) is 0 Å². The molecule has 1 unspecified atom stereocenters. The lowest BCUT2D eigenvalue weighted by Crippen LogP contribution is -2.46. The number of hydrogen-bond acceptors (Lipinski definition) is 4. The van der Waals surface area contributed by atoms with Gasteiger partial charge < -0.3 is 11.1 Å². The number of nitrogens with one attached hydrogen (secondary N) is 2. The number of carbonyl (C=O) groups excluding carboxylic acids is 1. The van der Waals surface area contributed by atoms with E-state index in [9.17, 15) is 13.2 Å². The van der Waals surface area contributed by atoms with Crippen LogP contribution in [0.15, 0.2) is 0 Å². The molecule has 0 fully saturated rings. The average molecular weight is 265 g/mol. The van der Waals surface area contributed by atoms with Crippen LogP contribution in [-0.4, -0.2) is 39.2 Å². The minimum atomic E-state index is -3.28. The number of hydrogen-bond donors (Lipinski definition) is 3. The second-order valence-corrected chi connectivity index (χ2v) is 5.95. The molecule has 0 aromatic heterocycles. The Morgan fingerprint density at radius 1 is 1.35 bits per heavy atom. The highest BCUT2D eigenvalue weighted by Gasteiger charge is 2.19. The summed E-state index contributed by atoms with van der Waals surface area (Å²) in [5.74, 6) is -0.341. The van der Waals surface area contributed by atoms with Gasteiger partial charge in [0.25, 0.3) is 0 Å². The van der Waals surface area contributed by atoms with E-state index in [4.69, 9.17) is 5.73 Å². The molecule has 0 heterocycles. The summed E-state index contributed by atoms with van der Waals surface area (Å²) in [6, 6.07) is -0.582. The van der Waals surface area contributed by atoms with Crippen LogP contribution >= 0.6 is 0 Å². The molecule has 0 saturated heterocycles. The third-order valence-electron chi connectivity index (χ3n) is 2.59. The van der Waals surface area contributed by atoms with Crippen molar-refractivity contribution in [3.8, 4) is 0 Å². The fraction of sp³-hybridized carbons (Fsp3) is 0.900. The van der Waals surface area contributed by atoms with Crippen LogP contribution < -0.4 is 15.8 Å². The van der Waals surface area contributed by atoms with E-state index < -0.39 is 16.1 Å². The molecule has 0 rings (SSSR count). The lowest BCUT2D eigenvalue weighted by atomic mass is 9.99. The topological polar surface area (TPSA) is 101 Å². The smallest absolute Gasteiger partial charge is 0.237 e. The summed E-state index contributed by atoms with van der Waals surface area (Å²) >= 11 is 0. The number of nitrogens with two attached hydrogens (primary N) is 1. The van der Waals surface area contributed by atoms with Gasteiger partial charge in [-0.25, -0.2) is 13.1 Å². The summed E-state index contributed by atoms with van der Waals surface area (Å²) in [7, 11) is -3.28. The summed E-state index contributed by atoms with van der Waals surface area (Å²) in [6.07, 6.45) is 0.810. The molecule has 0 radical (unpaired) electrons. The van der Waals surface area contributed by atoms with Gasteiger partial charge in [-0.3, -0.25) is 4.79 Å². The molecule has 0 aliphatic carbocycles. The minimum Gasteiger partial charge on any atom is -0.354 e. The molecule has 4 N–H and O–H groups in total. The van der Waals surface area contributed by atoms with Crippen LogP contribution in [0.3, 0.4) is 0 Å². The van der Waals surface area contributed by atoms with Gasteiger partial charge in [-0.1, -0.05) is 27.2 Å². The molecule has 0 aliphatic heterocycles. The molecule has 2 atom stereocenters. The number of carbonyl (C=O) groups is 1. The van der Waals surface area contributed by atoms with E-state index >= 15 is 0 Å². The van der Waals surface area contributed by atoms with Gasteiger partial charge >= 0.3 is 0 Å². The van der Waals surface area contributed by atoms with E-state index in [1.807, 2.05) is 13.8 Å². The van der Waals surface area contributed by atoms with Gasteiger partial charge in [0.1, 0.15) is 0 Å². The molecule has 17 heavy (non-hydrogen) atoms. The Kier molecular flexibility index (Phi) is 7.33. The molecule has 0 aliphatic rings. The number of amides is 1. The number of sulfonamides is 1. The Hall–Kier alpha value is -0.660. The zero-order chi connectivity index (χ0) is 13.5. The van der Waals surface area contributed by atoms with E-state index in [1.54, 1.807) is 6.92 Å². The highest BCUT2D eigenvalue weighted by atomic mass is 32.2. The van der Waals surface area contributed by atoms with Crippen LogP contribution in [0.2, 0.25) is 0 Å². The van der Waals surface area contributed by atoms with Gasteiger partial charge in [-0.2, -0.15) is 0 Å². The minimum absolute atomic E-state index is 0.0816. The quantitative estimate of drug-likeness (QED) is 0.546. The Balaban J connectivity index is 4.02. The maximum absolute atomic E-state index is 11.5. The molecule has 0 spiro atoms. The first-order valence-electron chi connectivity index (χ1n) is 5.84. The van der Waals surface area contributed by atoms with Crippen molar-refractivity contribution < 1.29 is 13.2 Å². The Morgan fingerprint density at radius 2 is 1.94 bits per heavy atom. The monoisotopic (exact) mass is 265 g/mol. The summed E-state index contributed by atoms with van der Waals surface area (Å²) in [4.78, 5) is 11.5.